The molecule has 1 heterocycles. The van der Waals surface area contributed by atoms with E-state index in [1.807, 2.05) is 0 Å². The number of rotatable bonds is 8. The predicted molar refractivity (Wildman–Crippen MR) is 86.8 cm³/mol. The first-order chi connectivity index (χ1) is 12.0. The lowest BCUT2D eigenvalue weighted by atomic mass is 10.1. The maximum Gasteiger partial charge on any atom is 0.305 e. The fourth-order valence-electron chi connectivity index (χ4n) is 2.09. The second kappa shape index (κ2) is 8.86. The topological polar surface area (TPSA) is 99.0 Å². The van der Waals surface area contributed by atoms with Gasteiger partial charge < -0.3 is 10.1 Å². The highest BCUT2D eigenvalue weighted by Gasteiger charge is 2.10. The lowest BCUT2D eigenvalue weighted by molar-refractivity contribution is -0.143. The van der Waals surface area contributed by atoms with Crippen LogP contribution in [0.15, 0.2) is 18.2 Å². The molecule has 0 spiro atoms. The number of halogens is 1. The van der Waals surface area contributed by atoms with Crippen LogP contribution in [0.3, 0.4) is 0 Å². The van der Waals surface area contributed by atoms with Crippen LogP contribution in [0.5, 0.6) is 0 Å². The van der Waals surface area contributed by atoms with Gasteiger partial charge in [-0.3, -0.25) is 9.59 Å². The minimum atomic E-state index is -0.307. The van der Waals surface area contributed by atoms with Gasteiger partial charge in [-0.2, -0.15) is 4.80 Å². The van der Waals surface area contributed by atoms with Crippen molar-refractivity contribution in [1.82, 2.24) is 25.5 Å². The number of tetrazole rings is 1. The minimum Gasteiger partial charge on any atom is -0.466 e. The van der Waals surface area contributed by atoms with E-state index in [2.05, 4.69) is 20.7 Å². The van der Waals surface area contributed by atoms with Crippen LogP contribution < -0.4 is 5.32 Å². The van der Waals surface area contributed by atoms with E-state index >= 15 is 0 Å². The smallest absolute Gasteiger partial charge is 0.305 e. The number of amides is 1. The van der Waals surface area contributed by atoms with Gasteiger partial charge in [0.05, 0.1) is 6.61 Å². The normalized spacial score (nSPS) is 10.5. The Hall–Kier alpha value is -2.84. The van der Waals surface area contributed by atoms with Gasteiger partial charge in [0.1, 0.15) is 12.4 Å². The molecule has 25 heavy (non-hydrogen) atoms. The van der Waals surface area contributed by atoms with Crippen LogP contribution in [0, 0.1) is 12.7 Å². The molecule has 0 unspecified atom stereocenters. The van der Waals surface area contributed by atoms with Crippen molar-refractivity contribution in [3.05, 3.63) is 29.6 Å². The predicted octanol–water partition coefficient (Wildman–Crippen LogP) is 1.25. The van der Waals surface area contributed by atoms with E-state index in [0.717, 1.165) is 4.80 Å². The number of hydrogen-bond acceptors (Lipinski definition) is 6. The van der Waals surface area contributed by atoms with Crippen LogP contribution in [0.25, 0.3) is 11.4 Å². The third-order valence-electron chi connectivity index (χ3n) is 3.34. The second-order valence-electron chi connectivity index (χ2n) is 5.37. The number of esters is 1. The molecule has 0 atom stereocenters. The van der Waals surface area contributed by atoms with Gasteiger partial charge in [-0.25, -0.2) is 4.39 Å². The van der Waals surface area contributed by atoms with Crippen LogP contribution >= 0.6 is 0 Å². The zero-order valence-electron chi connectivity index (χ0n) is 14.2. The lowest BCUT2D eigenvalue weighted by Crippen LogP contribution is -2.29. The molecule has 0 bridgehead atoms. The molecule has 0 radical (unpaired) electrons. The Morgan fingerprint density at radius 3 is 2.88 bits per heavy atom. The maximum atomic E-state index is 13.3. The number of carbonyl (C=O) groups is 2. The number of ether oxygens (including phenoxy) is 1. The summed E-state index contributed by atoms with van der Waals surface area (Å²) in [6, 6.07) is 4.51. The number of nitrogens with one attached hydrogen (secondary N) is 1. The molecule has 0 aliphatic heterocycles. The SMILES string of the molecule is CCOC(=O)CCCNC(=O)Cn1nnc(-c2ccc(F)c(C)c2)n1. The first-order valence-corrected chi connectivity index (χ1v) is 7.96. The largest absolute Gasteiger partial charge is 0.466 e. The molecule has 8 nitrogen and oxygen atoms in total. The lowest BCUT2D eigenvalue weighted by Gasteiger charge is -2.04. The van der Waals surface area contributed by atoms with E-state index in [0.29, 0.717) is 36.5 Å². The van der Waals surface area contributed by atoms with E-state index in [1.54, 1.807) is 26.0 Å². The van der Waals surface area contributed by atoms with Crippen molar-refractivity contribution in [3.63, 3.8) is 0 Å². The number of aryl methyl sites for hydroxylation is 1. The number of hydrogen-bond donors (Lipinski definition) is 1. The van der Waals surface area contributed by atoms with Crippen molar-refractivity contribution in [2.45, 2.75) is 33.2 Å². The van der Waals surface area contributed by atoms with Crippen LogP contribution in [-0.4, -0.2) is 45.2 Å². The maximum absolute atomic E-state index is 13.3. The summed E-state index contributed by atoms with van der Waals surface area (Å²) in [5, 5.41) is 14.5. The van der Waals surface area contributed by atoms with Crippen LogP contribution in [-0.2, 0) is 20.9 Å². The monoisotopic (exact) mass is 349 g/mol. The Morgan fingerprint density at radius 1 is 1.36 bits per heavy atom. The first-order valence-electron chi connectivity index (χ1n) is 7.96. The average molecular weight is 349 g/mol. The molecule has 2 aromatic rings. The standard InChI is InChI=1S/C16H20FN5O3/c1-3-25-15(24)5-4-8-18-14(23)10-22-20-16(19-21-22)12-6-7-13(17)11(2)9-12/h6-7,9H,3-5,8,10H2,1-2H3,(H,18,23). The van der Waals surface area contributed by atoms with Gasteiger partial charge in [-0.05, 0) is 49.2 Å². The molecule has 1 aromatic heterocycles. The number of carbonyl (C=O) groups excluding carboxylic acids is 2. The third-order valence-corrected chi connectivity index (χ3v) is 3.34. The fraction of sp³-hybridized carbons (Fsp3) is 0.438. The number of nitrogens with zero attached hydrogens (tertiary/aromatic N) is 4. The highest BCUT2D eigenvalue weighted by Crippen LogP contribution is 2.17. The summed E-state index contributed by atoms with van der Waals surface area (Å²) in [6.07, 6.45) is 0.749. The van der Waals surface area contributed by atoms with Gasteiger partial charge in [0.25, 0.3) is 0 Å². The molecule has 0 saturated heterocycles. The summed E-state index contributed by atoms with van der Waals surface area (Å²) in [5.74, 6) is -0.562. The van der Waals surface area contributed by atoms with Gasteiger partial charge >= 0.3 is 5.97 Å². The number of benzene rings is 1. The zero-order valence-corrected chi connectivity index (χ0v) is 14.2. The van der Waals surface area contributed by atoms with Crippen LogP contribution in [0.4, 0.5) is 4.39 Å². The molecule has 1 aromatic carbocycles. The molecule has 0 aliphatic rings. The molecule has 1 amide bonds. The van der Waals surface area contributed by atoms with Gasteiger partial charge in [-0.1, -0.05) is 0 Å². The molecule has 9 heteroatoms. The summed E-state index contributed by atoms with van der Waals surface area (Å²) < 4.78 is 18.1. The van der Waals surface area contributed by atoms with E-state index < -0.39 is 0 Å². The summed E-state index contributed by atoms with van der Waals surface area (Å²) >= 11 is 0. The van der Waals surface area contributed by atoms with E-state index in [9.17, 15) is 14.0 Å². The van der Waals surface area contributed by atoms with Gasteiger partial charge in [0.15, 0.2) is 0 Å². The molecular formula is C16H20FN5O3. The van der Waals surface area contributed by atoms with Crippen molar-refractivity contribution in [3.8, 4) is 11.4 Å². The van der Waals surface area contributed by atoms with Gasteiger partial charge in [0.2, 0.25) is 11.7 Å². The summed E-state index contributed by atoms with van der Waals surface area (Å²) in [4.78, 5) is 24.2. The summed E-state index contributed by atoms with van der Waals surface area (Å²) in [5.41, 5.74) is 1.10. The van der Waals surface area contributed by atoms with Crippen LogP contribution in [0.1, 0.15) is 25.3 Å². The fourth-order valence-corrected chi connectivity index (χ4v) is 2.09. The summed E-state index contributed by atoms with van der Waals surface area (Å²) in [6.45, 7) is 4.00. The highest BCUT2D eigenvalue weighted by atomic mass is 19.1. The Morgan fingerprint density at radius 2 is 2.16 bits per heavy atom. The Bertz CT molecular complexity index is 747. The Kier molecular flexibility index (Phi) is 6.55. The molecule has 134 valence electrons. The van der Waals surface area contributed by atoms with Crippen molar-refractivity contribution >= 4 is 11.9 Å². The zero-order chi connectivity index (χ0) is 18.2. The molecule has 0 fully saturated rings. The number of aromatic nitrogens is 4. The van der Waals surface area contributed by atoms with Crippen molar-refractivity contribution in [2.75, 3.05) is 13.2 Å². The van der Waals surface area contributed by atoms with Crippen molar-refractivity contribution < 1.29 is 18.7 Å². The third kappa shape index (κ3) is 5.63. The van der Waals surface area contributed by atoms with E-state index in [4.69, 9.17) is 4.74 Å². The minimum absolute atomic E-state index is 0.0907. The Labute approximate surface area is 144 Å². The molecular weight excluding hydrogens is 329 g/mol. The van der Waals surface area contributed by atoms with E-state index in [1.165, 1.54) is 6.07 Å². The molecule has 1 N–H and O–H groups in total. The van der Waals surface area contributed by atoms with Gasteiger partial charge in [-0.15, -0.1) is 10.2 Å². The van der Waals surface area contributed by atoms with Crippen molar-refractivity contribution in [2.24, 2.45) is 0 Å². The quantitative estimate of drug-likeness (QED) is 0.569. The highest BCUT2D eigenvalue weighted by molar-refractivity contribution is 5.75. The van der Waals surface area contributed by atoms with E-state index in [-0.39, 0.29) is 30.7 Å². The van der Waals surface area contributed by atoms with Gasteiger partial charge in [0, 0.05) is 18.5 Å². The first kappa shape index (κ1) is 18.5. The molecule has 0 saturated carbocycles. The average Bonchev–Trinajstić information content (AvgIpc) is 3.03. The van der Waals surface area contributed by atoms with Crippen molar-refractivity contribution in [1.29, 1.82) is 0 Å². The molecule has 0 aliphatic carbocycles. The van der Waals surface area contributed by atoms with Crippen LogP contribution in [0.2, 0.25) is 0 Å². The Balaban J connectivity index is 1.81. The second-order valence-corrected chi connectivity index (χ2v) is 5.37. The summed E-state index contributed by atoms with van der Waals surface area (Å²) in [7, 11) is 0. The molecule has 2 rings (SSSR count).